The average Bonchev–Trinajstić information content (AvgIpc) is 3.30. The summed E-state index contributed by atoms with van der Waals surface area (Å²) in [6.07, 6.45) is 1.94. The van der Waals surface area contributed by atoms with E-state index in [0.717, 1.165) is 23.1 Å². The molecule has 0 amide bonds. The maximum atomic E-state index is 12.8. The highest BCUT2D eigenvalue weighted by atomic mass is 32.2. The Morgan fingerprint density at radius 1 is 1.18 bits per heavy atom. The Labute approximate surface area is 166 Å². The summed E-state index contributed by atoms with van der Waals surface area (Å²) in [4.78, 5) is 16.2. The van der Waals surface area contributed by atoms with Crippen molar-refractivity contribution in [3.05, 3.63) is 60.3 Å². The maximum absolute atomic E-state index is 12.8. The molecule has 4 rings (SSSR count). The van der Waals surface area contributed by atoms with Crippen molar-refractivity contribution in [3.63, 3.8) is 0 Å². The molecule has 0 bridgehead atoms. The number of carbonyl (C=O) groups is 1. The fourth-order valence-corrected chi connectivity index (χ4v) is 4.95. The molecule has 3 aromatic rings. The maximum Gasteiger partial charge on any atom is 0.337 e. The number of aromatic nitrogens is 2. The van der Waals surface area contributed by atoms with Gasteiger partial charge in [-0.2, -0.15) is 0 Å². The van der Waals surface area contributed by atoms with Gasteiger partial charge in [0.2, 0.25) is 0 Å². The van der Waals surface area contributed by atoms with Gasteiger partial charge < -0.3 is 9.30 Å². The van der Waals surface area contributed by atoms with Gasteiger partial charge in [0.1, 0.15) is 0 Å². The van der Waals surface area contributed by atoms with Crippen molar-refractivity contribution in [2.45, 2.75) is 16.6 Å². The predicted octanol–water partition coefficient (Wildman–Crippen LogP) is 3.24. The molecule has 2 aromatic carbocycles. The molecular formula is C19H17N3O4S2. The Hall–Kier alpha value is -2.78. The monoisotopic (exact) mass is 415 g/mol. The molecule has 9 heteroatoms. The molecule has 1 aliphatic rings. The van der Waals surface area contributed by atoms with Gasteiger partial charge in [-0.15, -0.1) is 0 Å². The number of nitrogens with one attached hydrogen (secondary N) is 1. The molecule has 2 heterocycles. The summed E-state index contributed by atoms with van der Waals surface area (Å²) in [5.74, 6) is 0.478. The van der Waals surface area contributed by atoms with E-state index in [0.29, 0.717) is 11.3 Å². The third-order valence-corrected chi connectivity index (χ3v) is 6.69. The van der Waals surface area contributed by atoms with Crippen LogP contribution in [0.1, 0.15) is 10.4 Å². The van der Waals surface area contributed by atoms with Crippen LogP contribution in [-0.2, 0) is 21.3 Å². The van der Waals surface area contributed by atoms with E-state index in [1.54, 1.807) is 23.9 Å². The van der Waals surface area contributed by atoms with Crippen LogP contribution < -0.4 is 4.72 Å². The van der Waals surface area contributed by atoms with E-state index in [2.05, 4.69) is 19.0 Å². The number of methoxy groups -OCH3 is 1. The zero-order chi connectivity index (χ0) is 19.7. The van der Waals surface area contributed by atoms with Crippen molar-refractivity contribution in [2.24, 2.45) is 0 Å². The van der Waals surface area contributed by atoms with Crippen molar-refractivity contribution in [3.8, 4) is 11.3 Å². The normalized spacial score (nSPS) is 13.2. The van der Waals surface area contributed by atoms with E-state index in [1.807, 2.05) is 18.3 Å². The minimum Gasteiger partial charge on any atom is -0.465 e. The van der Waals surface area contributed by atoms with Crippen molar-refractivity contribution in [2.75, 3.05) is 17.6 Å². The summed E-state index contributed by atoms with van der Waals surface area (Å²) in [5.41, 5.74) is 2.16. The van der Waals surface area contributed by atoms with E-state index in [4.69, 9.17) is 0 Å². The van der Waals surface area contributed by atoms with E-state index in [9.17, 15) is 13.2 Å². The molecule has 0 radical (unpaired) electrons. The fourth-order valence-electron chi connectivity index (χ4n) is 2.93. The summed E-state index contributed by atoms with van der Waals surface area (Å²) < 4.78 is 35.0. The second-order valence-corrected chi connectivity index (χ2v) is 8.86. The minimum absolute atomic E-state index is 0.0536. The lowest BCUT2D eigenvalue weighted by Crippen LogP contribution is -2.14. The Kier molecular flexibility index (Phi) is 4.86. The number of imidazole rings is 1. The molecule has 1 aromatic heterocycles. The highest BCUT2D eigenvalue weighted by molar-refractivity contribution is 7.99. The highest BCUT2D eigenvalue weighted by Gasteiger charge is 2.20. The lowest BCUT2D eigenvalue weighted by molar-refractivity contribution is 0.0600. The lowest BCUT2D eigenvalue weighted by Gasteiger charge is -2.12. The molecule has 28 heavy (non-hydrogen) atoms. The first kappa shape index (κ1) is 18.6. The zero-order valence-corrected chi connectivity index (χ0v) is 16.6. The van der Waals surface area contributed by atoms with Crippen LogP contribution in [0.5, 0.6) is 0 Å². The number of benzene rings is 2. The van der Waals surface area contributed by atoms with Crippen LogP contribution in [0, 0.1) is 0 Å². The van der Waals surface area contributed by atoms with Crippen LogP contribution in [0.3, 0.4) is 0 Å². The number of hydrogen-bond acceptors (Lipinski definition) is 6. The standard InChI is InChI=1S/C19H17N3O4S2/c1-26-18(23)13-6-8-14(9-7-13)28(24,25)21-16-5-3-2-4-15(16)17-12-22-10-11-27-19(22)20-17/h2-9,12,21H,10-11H2,1H3. The summed E-state index contributed by atoms with van der Waals surface area (Å²) >= 11 is 1.68. The first-order valence-electron chi connectivity index (χ1n) is 8.48. The topological polar surface area (TPSA) is 90.3 Å². The number of hydrogen-bond donors (Lipinski definition) is 1. The van der Waals surface area contributed by atoms with Crippen molar-refractivity contribution in [1.82, 2.24) is 9.55 Å². The first-order valence-corrected chi connectivity index (χ1v) is 11.0. The Morgan fingerprint density at radius 3 is 2.64 bits per heavy atom. The molecule has 0 spiro atoms. The number of para-hydroxylation sites is 1. The van der Waals surface area contributed by atoms with Crippen LogP contribution in [0.25, 0.3) is 11.3 Å². The number of anilines is 1. The summed E-state index contributed by atoms with van der Waals surface area (Å²) in [6.45, 7) is 0.896. The molecule has 0 saturated carbocycles. The van der Waals surface area contributed by atoms with Gasteiger partial charge in [-0.3, -0.25) is 4.72 Å². The third kappa shape index (κ3) is 3.50. The molecule has 0 unspecified atom stereocenters. The van der Waals surface area contributed by atoms with Gasteiger partial charge in [0.25, 0.3) is 10.0 Å². The second-order valence-electron chi connectivity index (χ2n) is 6.12. The van der Waals surface area contributed by atoms with Crippen LogP contribution >= 0.6 is 11.8 Å². The number of sulfonamides is 1. The Bertz CT molecular complexity index is 1120. The lowest BCUT2D eigenvalue weighted by atomic mass is 10.1. The van der Waals surface area contributed by atoms with Crippen LogP contribution in [0.2, 0.25) is 0 Å². The van der Waals surface area contributed by atoms with Gasteiger partial charge in [0, 0.05) is 24.1 Å². The van der Waals surface area contributed by atoms with E-state index < -0.39 is 16.0 Å². The molecule has 1 aliphatic heterocycles. The van der Waals surface area contributed by atoms with E-state index in [-0.39, 0.29) is 10.5 Å². The van der Waals surface area contributed by atoms with Crippen molar-refractivity contribution >= 4 is 33.4 Å². The predicted molar refractivity (Wildman–Crippen MR) is 107 cm³/mol. The molecule has 0 fully saturated rings. The Balaban J connectivity index is 1.64. The first-order chi connectivity index (χ1) is 13.5. The number of carbonyl (C=O) groups excluding carboxylic acids is 1. The van der Waals surface area contributed by atoms with Gasteiger partial charge in [-0.1, -0.05) is 30.0 Å². The van der Waals surface area contributed by atoms with Crippen molar-refractivity contribution in [1.29, 1.82) is 0 Å². The number of rotatable bonds is 5. The van der Waals surface area contributed by atoms with Gasteiger partial charge in [-0.05, 0) is 30.3 Å². The Morgan fingerprint density at radius 2 is 1.93 bits per heavy atom. The number of fused-ring (bicyclic) bond motifs is 1. The number of ether oxygens (including phenoxy) is 1. The highest BCUT2D eigenvalue weighted by Crippen LogP contribution is 2.33. The van der Waals surface area contributed by atoms with Gasteiger partial charge in [0.05, 0.1) is 29.0 Å². The SMILES string of the molecule is COC(=O)c1ccc(S(=O)(=O)Nc2ccccc2-c2cn3c(n2)SCC3)cc1. The number of thioether (sulfide) groups is 1. The summed E-state index contributed by atoms with van der Waals surface area (Å²) in [5, 5.41) is 0.936. The second kappa shape index (κ2) is 7.33. The largest absolute Gasteiger partial charge is 0.465 e. The van der Waals surface area contributed by atoms with Gasteiger partial charge in [-0.25, -0.2) is 18.2 Å². The molecule has 0 aliphatic carbocycles. The third-order valence-electron chi connectivity index (χ3n) is 4.34. The van der Waals surface area contributed by atoms with Gasteiger partial charge in [0.15, 0.2) is 5.16 Å². The van der Waals surface area contributed by atoms with E-state index >= 15 is 0 Å². The van der Waals surface area contributed by atoms with Crippen LogP contribution in [0.4, 0.5) is 5.69 Å². The minimum atomic E-state index is -3.83. The zero-order valence-electron chi connectivity index (χ0n) is 15.0. The molecule has 0 atom stereocenters. The van der Waals surface area contributed by atoms with Crippen LogP contribution in [-0.4, -0.2) is 36.8 Å². The van der Waals surface area contributed by atoms with E-state index in [1.165, 1.54) is 31.4 Å². The summed E-state index contributed by atoms with van der Waals surface area (Å²) in [7, 11) is -2.56. The number of aryl methyl sites for hydroxylation is 1. The summed E-state index contributed by atoms with van der Waals surface area (Å²) in [6, 6.07) is 12.7. The molecule has 1 N–H and O–H groups in total. The smallest absolute Gasteiger partial charge is 0.337 e. The fraction of sp³-hybridized carbons (Fsp3) is 0.158. The van der Waals surface area contributed by atoms with Crippen molar-refractivity contribution < 1.29 is 17.9 Å². The molecular weight excluding hydrogens is 398 g/mol. The van der Waals surface area contributed by atoms with Gasteiger partial charge >= 0.3 is 5.97 Å². The molecule has 0 saturated heterocycles. The molecule has 7 nitrogen and oxygen atoms in total. The quantitative estimate of drug-likeness (QED) is 0.644. The van der Waals surface area contributed by atoms with Crippen LogP contribution in [0.15, 0.2) is 64.8 Å². The average molecular weight is 415 g/mol. The molecule has 144 valence electrons. The number of esters is 1. The number of nitrogens with zero attached hydrogens (tertiary/aromatic N) is 2.